The van der Waals surface area contributed by atoms with Crippen LogP contribution in [0.3, 0.4) is 0 Å². The standard InChI is InChI=1S/C22H20Cl2O3S/c1-28(25,26)27-15-19(21-12-11-20(23)14-22(21)24)13-16-7-9-18(10-8-16)17-5-3-2-4-6-17/h2-12,14,19H,13,15H2,1H3. The normalized spacial score (nSPS) is 12.7. The molecule has 1 unspecified atom stereocenters. The summed E-state index contributed by atoms with van der Waals surface area (Å²) in [6.07, 6.45) is 1.63. The average molecular weight is 435 g/mol. The first-order valence-electron chi connectivity index (χ1n) is 8.75. The molecule has 0 spiro atoms. The van der Waals surface area contributed by atoms with Crippen molar-refractivity contribution in [2.75, 3.05) is 12.9 Å². The van der Waals surface area contributed by atoms with Crippen LogP contribution in [0.5, 0.6) is 0 Å². The molecule has 0 saturated heterocycles. The largest absolute Gasteiger partial charge is 0.270 e. The molecule has 1 atom stereocenters. The van der Waals surface area contributed by atoms with Gasteiger partial charge in [0.2, 0.25) is 0 Å². The first-order valence-corrected chi connectivity index (χ1v) is 11.3. The molecule has 3 aromatic rings. The van der Waals surface area contributed by atoms with E-state index >= 15 is 0 Å². The van der Waals surface area contributed by atoms with Gasteiger partial charge in [0, 0.05) is 16.0 Å². The zero-order valence-electron chi connectivity index (χ0n) is 15.3. The van der Waals surface area contributed by atoms with Crippen molar-refractivity contribution >= 4 is 33.3 Å². The van der Waals surface area contributed by atoms with E-state index in [0.29, 0.717) is 16.5 Å². The summed E-state index contributed by atoms with van der Waals surface area (Å²) in [6, 6.07) is 23.5. The molecular formula is C22H20Cl2O3S. The smallest absolute Gasteiger partial charge is 0.264 e. The summed E-state index contributed by atoms with van der Waals surface area (Å²) in [5, 5.41) is 1.03. The number of rotatable bonds is 7. The monoisotopic (exact) mass is 434 g/mol. The van der Waals surface area contributed by atoms with Crippen LogP contribution in [0.1, 0.15) is 17.0 Å². The van der Waals surface area contributed by atoms with E-state index in [1.165, 1.54) is 0 Å². The molecule has 0 bridgehead atoms. The van der Waals surface area contributed by atoms with Crippen molar-refractivity contribution < 1.29 is 12.6 Å². The van der Waals surface area contributed by atoms with Crippen LogP contribution in [-0.2, 0) is 20.7 Å². The Labute approximate surface area is 176 Å². The maximum Gasteiger partial charge on any atom is 0.264 e. The minimum Gasteiger partial charge on any atom is -0.270 e. The first-order chi connectivity index (χ1) is 13.3. The molecule has 6 heteroatoms. The molecule has 3 nitrogen and oxygen atoms in total. The van der Waals surface area contributed by atoms with Crippen LogP contribution in [0.2, 0.25) is 10.0 Å². The molecule has 0 aliphatic heterocycles. The molecule has 0 radical (unpaired) electrons. The van der Waals surface area contributed by atoms with Crippen LogP contribution in [-0.4, -0.2) is 21.3 Å². The molecule has 3 aromatic carbocycles. The second-order valence-electron chi connectivity index (χ2n) is 6.62. The number of hydrogen-bond acceptors (Lipinski definition) is 3. The molecule has 28 heavy (non-hydrogen) atoms. The van der Waals surface area contributed by atoms with Gasteiger partial charge >= 0.3 is 0 Å². The van der Waals surface area contributed by atoms with Crippen LogP contribution in [0.25, 0.3) is 11.1 Å². The second-order valence-corrected chi connectivity index (χ2v) is 9.11. The first kappa shape index (κ1) is 20.9. The van der Waals surface area contributed by atoms with Crippen molar-refractivity contribution in [3.63, 3.8) is 0 Å². The summed E-state index contributed by atoms with van der Waals surface area (Å²) >= 11 is 12.4. The van der Waals surface area contributed by atoms with E-state index in [0.717, 1.165) is 28.5 Å². The van der Waals surface area contributed by atoms with Gasteiger partial charge in [-0.05, 0) is 40.8 Å². The Kier molecular flexibility index (Phi) is 6.78. The average Bonchev–Trinajstić information content (AvgIpc) is 2.66. The number of benzene rings is 3. The summed E-state index contributed by atoms with van der Waals surface area (Å²) < 4.78 is 28.0. The zero-order chi connectivity index (χ0) is 20.1. The van der Waals surface area contributed by atoms with Crippen LogP contribution in [0, 0.1) is 0 Å². The predicted molar refractivity (Wildman–Crippen MR) is 116 cm³/mol. The molecule has 0 aliphatic rings. The Morgan fingerprint density at radius 3 is 2.14 bits per heavy atom. The van der Waals surface area contributed by atoms with Crippen molar-refractivity contribution in [2.45, 2.75) is 12.3 Å². The van der Waals surface area contributed by atoms with Crippen molar-refractivity contribution in [1.29, 1.82) is 0 Å². The highest BCUT2D eigenvalue weighted by Crippen LogP contribution is 2.31. The van der Waals surface area contributed by atoms with Crippen LogP contribution in [0.4, 0.5) is 0 Å². The lowest BCUT2D eigenvalue weighted by Gasteiger charge is -2.19. The molecular weight excluding hydrogens is 415 g/mol. The molecule has 0 N–H and O–H groups in total. The predicted octanol–water partition coefficient (Wildman–Crippen LogP) is 5.96. The summed E-state index contributed by atoms with van der Waals surface area (Å²) in [7, 11) is -3.55. The van der Waals surface area contributed by atoms with Crippen molar-refractivity contribution in [1.82, 2.24) is 0 Å². The molecule has 0 fully saturated rings. The molecule has 146 valence electrons. The van der Waals surface area contributed by atoms with E-state index in [9.17, 15) is 8.42 Å². The Hall–Kier alpha value is -1.85. The van der Waals surface area contributed by atoms with Crippen molar-refractivity contribution in [3.8, 4) is 11.1 Å². The lowest BCUT2D eigenvalue weighted by Crippen LogP contribution is -2.15. The van der Waals surface area contributed by atoms with E-state index in [1.807, 2.05) is 36.4 Å². The lowest BCUT2D eigenvalue weighted by atomic mass is 9.92. The van der Waals surface area contributed by atoms with Gasteiger partial charge < -0.3 is 0 Å². The highest BCUT2D eigenvalue weighted by molar-refractivity contribution is 7.85. The molecule has 0 heterocycles. The van der Waals surface area contributed by atoms with Gasteiger partial charge in [-0.1, -0.05) is 83.9 Å². The Bertz CT molecular complexity index is 1030. The Balaban J connectivity index is 1.84. The second kappa shape index (κ2) is 9.10. The fraction of sp³-hybridized carbons (Fsp3) is 0.182. The van der Waals surface area contributed by atoms with Gasteiger partial charge in [0.1, 0.15) is 0 Å². The third-order valence-corrected chi connectivity index (χ3v) is 5.56. The van der Waals surface area contributed by atoms with Crippen molar-refractivity contribution in [3.05, 3.63) is 94.0 Å². The van der Waals surface area contributed by atoms with Crippen LogP contribution < -0.4 is 0 Å². The van der Waals surface area contributed by atoms with Gasteiger partial charge in [-0.25, -0.2) is 0 Å². The number of hydrogen-bond donors (Lipinski definition) is 0. The fourth-order valence-electron chi connectivity index (χ4n) is 3.05. The summed E-state index contributed by atoms with van der Waals surface area (Å²) in [4.78, 5) is 0. The maximum atomic E-state index is 11.5. The van der Waals surface area contributed by atoms with Gasteiger partial charge in [0.05, 0.1) is 12.9 Å². The molecule has 0 aliphatic carbocycles. The highest BCUT2D eigenvalue weighted by atomic mass is 35.5. The van der Waals surface area contributed by atoms with E-state index in [4.69, 9.17) is 27.4 Å². The molecule has 0 amide bonds. The SMILES string of the molecule is CS(=O)(=O)OCC(Cc1ccc(-c2ccccc2)cc1)c1ccc(Cl)cc1Cl. The van der Waals surface area contributed by atoms with Gasteiger partial charge in [0.15, 0.2) is 0 Å². The molecule has 3 rings (SSSR count). The minimum atomic E-state index is -3.55. The third kappa shape index (κ3) is 5.82. The maximum absolute atomic E-state index is 11.5. The van der Waals surface area contributed by atoms with E-state index in [-0.39, 0.29) is 12.5 Å². The lowest BCUT2D eigenvalue weighted by molar-refractivity contribution is 0.293. The van der Waals surface area contributed by atoms with E-state index in [1.54, 1.807) is 12.1 Å². The summed E-state index contributed by atoms with van der Waals surface area (Å²) in [5.74, 6) is -0.220. The Morgan fingerprint density at radius 1 is 0.893 bits per heavy atom. The quantitative estimate of drug-likeness (QED) is 0.430. The van der Waals surface area contributed by atoms with Gasteiger partial charge in [0.25, 0.3) is 10.1 Å². The summed E-state index contributed by atoms with van der Waals surface area (Å²) in [5.41, 5.74) is 4.14. The van der Waals surface area contributed by atoms with Gasteiger partial charge in [-0.2, -0.15) is 8.42 Å². The summed E-state index contributed by atoms with van der Waals surface area (Å²) in [6.45, 7) is 0.0145. The van der Waals surface area contributed by atoms with Crippen LogP contribution in [0.15, 0.2) is 72.8 Å². The van der Waals surface area contributed by atoms with E-state index < -0.39 is 10.1 Å². The van der Waals surface area contributed by atoms with Gasteiger partial charge in [-0.15, -0.1) is 0 Å². The Morgan fingerprint density at radius 2 is 1.54 bits per heavy atom. The van der Waals surface area contributed by atoms with Crippen molar-refractivity contribution in [2.24, 2.45) is 0 Å². The fourth-order valence-corrected chi connectivity index (χ4v) is 4.02. The van der Waals surface area contributed by atoms with Gasteiger partial charge in [-0.3, -0.25) is 4.18 Å². The topological polar surface area (TPSA) is 43.4 Å². The highest BCUT2D eigenvalue weighted by Gasteiger charge is 2.19. The number of halogens is 2. The minimum absolute atomic E-state index is 0.0145. The molecule has 0 aromatic heterocycles. The van der Waals surface area contributed by atoms with E-state index in [2.05, 4.69) is 24.3 Å². The zero-order valence-corrected chi connectivity index (χ0v) is 17.6. The molecule has 0 saturated carbocycles. The van der Waals surface area contributed by atoms with Crippen LogP contribution >= 0.6 is 23.2 Å². The third-order valence-electron chi connectivity index (χ3n) is 4.43.